The Labute approximate surface area is 212 Å². The molecule has 4 nitrogen and oxygen atoms in total. The summed E-state index contributed by atoms with van der Waals surface area (Å²) in [7, 11) is 0. The van der Waals surface area contributed by atoms with Crippen LogP contribution in [0.15, 0.2) is 48.5 Å². The van der Waals surface area contributed by atoms with E-state index in [-0.39, 0.29) is 74.5 Å². The summed E-state index contributed by atoms with van der Waals surface area (Å²) in [5.41, 5.74) is 2.07. The molecule has 0 fully saturated rings. The average molecular weight is 640 g/mol. The van der Waals surface area contributed by atoms with Crippen molar-refractivity contribution in [3.8, 4) is 11.5 Å². The number of halogens is 2. The maximum atomic E-state index is 9.47. The van der Waals surface area contributed by atoms with E-state index in [9.17, 15) is 10.2 Å². The molecule has 0 aliphatic carbocycles. The van der Waals surface area contributed by atoms with Crippen molar-refractivity contribution in [3.63, 3.8) is 0 Å². The minimum atomic E-state index is -0.672. The van der Waals surface area contributed by atoms with Gasteiger partial charge in [-0.25, -0.2) is 0 Å². The van der Waals surface area contributed by atoms with E-state index in [0.29, 0.717) is 11.5 Å². The van der Waals surface area contributed by atoms with Crippen molar-refractivity contribution in [2.24, 2.45) is 0 Å². The van der Waals surface area contributed by atoms with E-state index >= 15 is 0 Å². The maximum Gasteiger partial charge on any atom is 0.119 e. The van der Waals surface area contributed by atoms with Gasteiger partial charge in [0.2, 0.25) is 0 Å². The van der Waals surface area contributed by atoms with Gasteiger partial charge in [-0.2, -0.15) is 0 Å². The van der Waals surface area contributed by atoms with Crippen molar-refractivity contribution in [2.45, 2.75) is 31.5 Å². The second kappa shape index (κ2) is 12.6. The summed E-state index contributed by atoms with van der Waals surface area (Å²) < 4.78 is 11.0. The smallest absolute Gasteiger partial charge is 0.119 e. The fourth-order valence-electron chi connectivity index (χ4n) is 2.58. The van der Waals surface area contributed by atoms with E-state index in [0.717, 1.165) is 11.1 Å². The Morgan fingerprint density at radius 2 is 1.07 bits per heavy atom. The van der Waals surface area contributed by atoms with E-state index in [1.807, 2.05) is 48.5 Å². The standard InChI is InChI=1S/C21H26Cl2O4.Ac/c1-21(2,15-3-7-19(8-4-15)26-13-17(24)11-22)16-5-9-20(10-6-16)27-14-18(25)12-23;/h3-10,17-18,24-25H,11-14H2,1-2H3;. The molecule has 0 aliphatic rings. The number of aliphatic hydroxyl groups excluding tert-OH is 2. The molecule has 28 heavy (non-hydrogen) atoms. The molecule has 2 unspecified atom stereocenters. The van der Waals surface area contributed by atoms with E-state index in [4.69, 9.17) is 32.7 Å². The van der Waals surface area contributed by atoms with Crippen molar-refractivity contribution in [3.05, 3.63) is 59.7 Å². The van der Waals surface area contributed by atoms with Crippen molar-refractivity contribution in [1.29, 1.82) is 0 Å². The van der Waals surface area contributed by atoms with Gasteiger partial charge >= 0.3 is 0 Å². The van der Waals surface area contributed by atoms with Gasteiger partial charge in [0.25, 0.3) is 0 Å². The van der Waals surface area contributed by atoms with Gasteiger partial charge in [0.1, 0.15) is 36.9 Å². The van der Waals surface area contributed by atoms with Crippen LogP contribution in [0.5, 0.6) is 11.5 Å². The zero-order valence-corrected chi connectivity index (χ0v) is 22.4. The number of hydrogen-bond donors (Lipinski definition) is 2. The summed E-state index contributed by atoms with van der Waals surface area (Å²) in [4.78, 5) is 0. The first-order valence-corrected chi connectivity index (χ1v) is 9.88. The fraction of sp³-hybridized carbons (Fsp3) is 0.429. The first-order valence-electron chi connectivity index (χ1n) is 8.81. The van der Waals surface area contributed by atoms with Crippen molar-refractivity contribution in [2.75, 3.05) is 25.0 Å². The number of rotatable bonds is 10. The summed E-state index contributed by atoms with van der Waals surface area (Å²) in [6, 6.07) is 15.6. The van der Waals surface area contributed by atoms with Gasteiger partial charge in [0, 0.05) is 49.5 Å². The van der Waals surface area contributed by atoms with Crippen molar-refractivity contribution in [1.82, 2.24) is 0 Å². The molecule has 2 atom stereocenters. The molecule has 1 radical (unpaired) electrons. The molecule has 0 amide bonds. The Hall–Kier alpha value is -0.0184. The molecule has 2 aromatic rings. The van der Waals surface area contributed by atoms with Crippen LogP contribution in [0.1, 0.15) is 25.0 Å². The SMILES string of the molecule is CC(C)(c1ccc(OCC(O)CCl)cc1)c1ccc(OCC(O)CCl)cc1.[Ac]. The quantitative estimate of drug-likeness (QED) is 0.387. The maximum absolute atomic E-state index is 9.47. The predicted octanol–water partition coefficient (Wildman–Crippen LogP) is 3.97. The van der Waals surface area contributed by atoms with Gasteiger partial charge in [-0.3, -0.25) is 0 Å². The second-order valence-corrected chi connectivity index (χ2v) is 7.53. The number of benzene rings is 2. The van der Waals surface area contributed by atoms with E-state index in [1.54, 1.807) is 0 Å². The minimum absolute atomic E-state index is 0. The first-order chi connectivity index (χ1) is 12.9. The van der Waals surface area contributed by atoms with Crippen LogP contribution in [0.2, 0.25) is 0 Å². The van der Waals surface area contributed by atoms with Gasteiger partial charge in [-0.1, -0.05) is 38.1 Å². The third-order valence-corrected chi connectivity index (χ3v) is 5.11. The molecule has 0 aliphatic heterocycles. The Balaban J connectivity index is 0.00000392. The summed E-state index contributed by atoms with van der Waals surface area (Å²) in [6.45, 7) is 4.64. The Kier molecular flexibility index (Phi) is 11.7. The van der Waals surface area contributed by atoms with Crippen LogP contribution in [0.4, 0.5) is 0 Å². The summed E-state index contributed by atoms with van der Waals surface area (Å²) in [6.07, 6.45) is -1.34. The van der Waals surface area contributed by atoms with Crippen LogP contribution in [0, 0.1) is 44.1 Å². The molecule has 0 bridgehead atoms. The monoisotopic (exact) mass is 639 g/mol. The van der Waals surface area contributed by atoms with Gasteiger partial charge in [-0.05, 0) is 35.4 Å². The molecule has 0 spiro atoms. The van der Waals surface area contributed by atoms with Gasteiger partial charge in [0.15, 0.2) is 0 Å². The van der Waals surface area contributed by atoms with Crippen LogP contribution in [-0.2, 0) is 5.41 Å². The first kappa shape index (κ1) is 26.0. The molecule has 0 saturated carbocycles. The molecule has 2 N–H and O–H groups in total. The average Bonchev–Trinajstić information content (AvgIpc) is 2.70. The topological polar surface area (TPSA) is 58.9 Å². The van der Waals surface area contributed by atoms with Gasteiger partial charge < -0.3 is 19.7 Å². The predicted molar refractivity (Wildman–Crippen MR) is 109 cm³/mol. The largest absolute Gasteiger partial charge is 0.491 e. The van der Waals surface area contributed by atoms with Gasteiger partial charge in [-0.15, -0.1) is 23.2 Å². The zero-order valence-electron chi connectivity index (χ0n) is 16.1. The molecular formula is C21H26AcCl2O4. The minimum Gasteiger partial charge on any atom is -0.491 e. The number of hydrogen-bond acceptors (Lipinski definition) is 4. The third kappa shape index (κ3) is 7.67. The van der Waals surface area contributed by atoms with E-state index in [2.05, 4.69) is 13.8 Å². The Morgan fingerprint density at radius 1 is 0.750 bits per heavy atom. The summed E-state index contributed by atoms with van der Waals surface area (Å²) >= 11 is 11.1. The zero-order chi connectivity index (χ0) is 19.9. The van der Waals surface area contributed by atoms with Crippen LogP contribution in [-0.4, -0.2) is 47.4 Å². The molecule has 0 aromatic heterocycles. The third-order valence-electron chi connectivity index (χ3n) is 4.39. The van der Waals surface area contributed by atoms with Crippen LogP contribution < -0.4 is 9.47 Å². The molecule has 151 valence electrons. The number of alkyl halides is 2. The molecule has 0 saturated heterocycles. The second-order valence-electron chi connectivity index (χ2n) is 6.91. The number of ether oxygens (including phenoxy) is 2. The molecule has 2 rings (SSSR count). The van der Waals surface area contributed by atoms with Crippen molar-refractivity contribution < 1.29 is 63.7 Å². The van der Waals surface area contributed by atoms with Crippen molar-refractivity contribution >= 4 is 23.2 Å². The van der Waals surface area contributed by atoms with E-state index < -0.39 is 12.2 Å². The molecule has 7 heteroatoms. The van der Waals surface area contributed by atoms with Crippen LogP contribution in [0.3, 0.4) is 0 Å². The summed E-state index contributed by atoms with van der Waals surface area (Å²) in [5.74, 6) is 1.69. The van der Waals surface area contributed by atoms with Gasteiger partial charge in [0.05, 0.1) is 11.8 Å². The summed E-state index contributed by atoms with van der Waals surface area (Å²) in [5, 5.41) is 18.9. The normalized spacial score (nSPS) is 13.4. The Morgan fingerprint density at radius 3 is 1.36 bits per heavy atom. The van der Waals surface area contributed by atoms with E-state index in [1.165, 1.54) is 0 Å². The fourth-order valence-corrected chi connectivity index (χ4v) is 2.75. The van der Waals surface area contributed by atoms with Crippen LogP contribution in [0.25, 0.3) is 0 Å². The Bertz CT molecular complexity index is 633. The number of aliphatic hydroxyl groups is 2. The van der Waals surface area contributed by atoms with Crippen LogP contribution >= 0.6 is 23.2 Å². The molecular weight excluding hydrogens is 614 g/mol. The molecule has 2 aromatic carbocycles. The molecule has 0 heterocycles.